The maximum Gasteiger partial charge on any atom is 0.283 e. The second-order valence-corrected chi connectivity index (χ2v) is 5.90. The van der Waals surface area contributed by atoms with E-state index in [4.69, 9.17) is 23.2 Å². The number of nitrogens with one attached hydrogen (secondary N) is 1. The second kappa shape index (κ2) is 6.41. The van der Waals surface area contributed by atoms with Gasteiger partial charge in [-0.1, -0.05) is 17.7 Å². The summed E-state index contributed by atoms with van der Waals surface area (Å²) in [5.74, 6) is -0.191. The molecule has 0 saturated heterocycles. The van der Waals surface area contributed by atoms with Crippen LogP contribution in [0.5, 0.6) is 0 Å². The van der Waals surface area contributed by atoms with Crippen molar-refractivity contribution in [3.63, 3.8) is 0 Å². The van der Waals surface area contributed by atoms with Gasteiger partial charge in [-0.2, -0.15) is 0 Å². The van der Waals surface area contributed by atoms with Crippen LogP contribution in [0.1, 0.15) is 29.6 Å². The third-order valence-corrected chi connectivity index (χ3v) is 4.16. The van der Waals surface area contributed by atoms with Gasteiger partial charge in [0.1, 0.15) is 5.56 Å². The molecule has 1 aromatic rings. The van der Waals surface area contributed by atoms with Crippen LogP contribution in [-0.4, -0.2) is 22.8 Å². The molecule has 1 amide bonds. The average molecular weight is 317 g/mol. The Kier molecular flexibility index (Phi) is 4.83. The zero-order valence-corrected chi connectivity index (χ0v) is 12.2. The highest BCUT2D eigenvalue weighted by Gasteiger charge is 2.26. The number of nitro groups is 1. The molecule has 1 saturated carbocycles. The minimum absolute atomic E-state index is 0.0818. The zero-order valence-electron chi connectivity index (χ0n) is 10.6. The molecular weight excluding hydrogens is 303 g/mol. The molecule has 2 rings (SSSR count). The molecular formula is C13H14Cl2N2O3. The Hall–Kier alpha value is -1.33. The van der Waals surface area contributed by atoms with Crippen LogP contribution in [0.15, 0.2) is 18.2 Å². The molecule has 1 aliphatic carbocycles. The van der Waals surface area contributed by atoms with Crippen LogP contribution in [0.25, 0.3) is 0 Å². The summed E-state index contributed by atoms with van der Waals surface area (Å²) in [6.07, 6.45) is 2.75. The van der Waals surface area contributed by atoms with E-state index in [1.165, 1.54) is 18.2 Å². The van der Waals surface area contributed by atoms with Gasteiger partial charge < -0.3 is 5.32 Å². The molecule has 0 bridgehead atoms. The molecule has 0 aromatic heterocycles. The van der Waals surface area contributed by atoms with Crippen molar-refractivity contribution in [1.82, 2.24) is 5.32 Å². The molecule has 2 unspecified atom stereocenters. The summed E-state index contributed by atoms with van der Waals surface area (Å²) >= 11 is 11.9. The molecule has 1 aromatic carbocycles. The predicted octanol–water partition coefficient (Wildman–Crippen LogP) is 3.39. The van der Waals surface area contributed by atoms with Gasteiger partial charge in [0.15, 0.2) is 0 Å². The van der Waals surface area contributed by atoms with Gasteiger partial charge >= 0.3 is 0 Å². The largest absolute Gasteiger partial charge is 0.351 e. The van der Waals surface area contributed by atoms with Crippen molar-refractivity contribution < 1.29 is 9.72 Å². The van der Waals surface area contributed by atoms with Crippen LogP contribution >= 0.6 is 23.2 Å². The molecule has 108 valence electrons. The molecule has 1 aliphatic rings. The quantitative estimate of drug-likeness (QED) is 0.525. The normalized spacial score (nSPS) is 21.7. The summed E-state index contributed by atoms with van der Waals surface area (Å²) in [7, 11) is 0. The highest BCUT2D eigenvalue weighted by atomic mass is 35.5. The number of carbonyl (C=O) groups is 1. The molecule has 0 spiro atoms. The molecule has 0 radical (unpaired) electrons. The van der Waals surface area contributed by atoms with Gasteiger partial charge in [0.2, 0.25) is 0 Å². The van der Waals surface area contributed by atoms with Gasteiger partial charge in [0.05, 0.1) is 9.95 Å². The van der Waals surface area contributed by atoms with Crippen molar-refractivity contribution >= 4 is 34.8 Å². The van der Waals surface area contributed by atoms with Gasteiger partial charge in [-0.15, -0.1) is 11.6 Å². The lowest BCUT2D eigenvalue weighted by atomic mass is 10.1. The maximum absolute atomic E-state index is 12.1. The fraction of sp³-hybridized carbons (Fsp3) is 0.462. The molecule has 5 nitrogen and oxygen atoms in total. The minimum atomic E-state index is -0.606. The number of carbonyl (C=O) groups excluding carboxylic acids is 1. The van der Waals surface area contributed by atoms with Crippen molar-refractivity contribution in [2.24, 2.45) is 5.92 Å². The van der Waals surface area contributed by atoms with Gasteiger partial charge in [-0.3, -0.25) is 14.9 Å². The van der Waals surface area contributed by atoms with Crippen LogP contribution < -0.4 is 5.32 Å². The van der Waals surface area contributed by atoms with Crippen molar-refractivity contribution in [2.45, 2.75) is 24.6 Å². The summed E-state index contributed by atoms with van der Waals surface area (Å²) in [6, 6.07) is 4.19. The summed E-state index contributed by atoms with van der Waals surface area (Å²) in [6.45, 7) is 0.463. The molecule has 2 atom stereocenters. The van der Waals surface area contributed by atoms with Crippen LogP contribution in [0.4, 0.5) is 5.69 Å². The van der Waals surface area contributed by atoms with E-state index in [0.717, 1.165) is 19.3 Å². The number of hydrogen-bond acceptors (Lipinski definition) is 3. The zero-order chi connectivity index (χ0) is 14.7. The Morgan fingerprint density at radius 3 is 2.80 bits per heavy atom. The van der Waals surface area contributed by atoms with E-state index in [1.807, 2.05) is 0 Å². The fourth-order valence-electron chi connectivity index (χ4n) is 2.41. The topological polar surface area (TPSA) is 72.2 Å². The summed E-state index contributed by atoms with van der Waals surface area (Å²) in [4.78, 5) is 22.4. The minimum Gasteiger partial charge on any atom is -0.351 e. The first-order valence-electron chi connectivity index (χ1n) is 6.34. The number of nitro benzene ring substituents is 1. The van der Waals surface area contributed by atoms with Crippen LogP contribution in [0.3, 0.4) is 0 Å². The molecule has 0 aliphatic heterocycles. The lowest BCUT2D eigenvalue weighted by molar-refractivity contribution is -0.385. The molecule has 1 fully saturated rings. The van der Waals surface area contributed by atoms with E-state index in [2.05, 4.69) is 5.32 Å². The van der Waals surface area contributed by atoms with E-state index in [-0.39, 0.29) is 21.7 Å². The Bertz CT molecular complexity index is 536. The van der Waals surface area contributed by atoms with Crippen molar-refractivity contribution in [3.8, 4) is 0 Å². The Balaban J connectivity index is 2.07. The lowest BCUT2D eigenvalue weighted by Gasteiger charge is -2.11. The Labute approximate surface area is 126 Å². The molecule has 0 heterocycles. The van der Waals surface area contributed by atoms with Crippen molar-refractivity contribution in [1.29, 1.82) is 0 Å². The Morgan fingerprint density at radius 1 is 1.45 bits per heavy atom. The van der Waals surface area contributed by atoms with E-state index >= 15 is 0 Å². The number of halogens is 2. The third-order valence-electron chi connectivity index (χ3n) is 3.44. The van der Waals surface area contributed by atoms with Gasteiger partial charge in [0, 0.05) is 18.0 Å². The number of alkyl halides is 1. The molecule has 1 N–H and O–H groups in total. The van der Waals surface area contributed by atoms with Crippen LogP contribution in [-0.2, 0) is 0 Å². The lowest BCUT2D eigenvalue weighted by Crippen LogP contribution is -2.29. The number of rotatable bonds is 4. The monoisotopic (exact) mass is 316 g/mol. The average Bonchev–Trinajstić information content (AvgIpc) is 2.81. The first kappa shape index (κ1) is 15.1. The smallest absolute Gasteiger partial charge is 0.283 e. The second-order valence-electron chi connectivity index (χ2n) is 4.88. The van der Waals surface area contributed by atoms with Gasteiger partial charge in [-0.05, 0) is 31.2 Å². The SMILES string of the molecule is O=C(NCC1CCC(Cl)C1)c1c(Cl)cccc1[N+](=O)[O-]. The molecule has 7 heteroatoms. The van der Waals surface area contributed by atoms with Crippen molar-refractivity contribution in [3.05, 3.63) is 38.9 Å². The van der Waals surface area contributed by atoms with Crippen LogP contribution in [0.2, 0.25) is 5.02 Å². The number of nitrogens with zero attached hydrogens (tertiary/aromatic N) is 1. The van der Waals surface area contributed by atoms with Crippen LogP contribution in [0, 0.1) is 16.0 Å². The van der Waals surface area contributed by atoms with E-state index in [9.17, 15) is 14.9 Å². The first-order chi connectivity index (χ1) is 9.49. The standard InChI is InChI=1S/C13H14Cl2N2O3/c14-9-5-4-8(6-9)7-16-13(18)12-10(15)2-1-3-11(12)17(19)20/h1-3,8-9H,4-7H2,(H,16,18). The summed E-state index contributed by atoms with van der Waals surface area (Å²) in [5, 5.41) is 13.9. The first-order valence-corrected chi connectivity index (χ1v) is 7.15. The fourth-order valence-corrected chi connectivity index (χ4v) is 3.05. The predicted molar refractivity (Wildman–Crippen MR) is 77.4 cm³/mol. The number of hydrogen-bond donors (Lipinski definition) is 1. The highest BCUT2D eigenvalue weighted by molar-refractivity contribution is 6.34. The van der Waals surface area contributed by atoms with Gasteiger partial charge in [0.25, 0.3) is 11.6 Å². The highest BCUT2D eigenvalue weighted by Crippen LogP contribution is 2.29. The summed E-state index contributed by atoms with van der Waals surface area (Å²) in [5.41, 5.74) is -0.365. The van der Waals surface area contributed by atoms with E-state index in [1.54, 1.807) is 0 Å². The Morgan fingerprint density at radius 2 is 2.20 bits per heavy atom. The number of benzene rings is 1. The number of amides is 1. The molecule has 20 heavy (non-hydrogen) atoms. The maximum atomic E-state index is 12.1. The van der Waals surface area contributed by atoms with Gasteiger partial charge in [-0.25, -0.2) is 0 Å². The third kappa shape index (κ3) is 3.41. The van der Waals surface area contributed by atoms with E-state index in [0.29, 0.717) is 12.5 Å². The van der Waals surface area contributed by atoms with Crippen molar-refractivity contribution in [2.75, 3.05) is 6.54 Å². The van der Waals surface area contributed by atoms with E-state index < -0.39 is 10.8 Å². The summed E-state index contributed by atoms with van der Waals surface area (Å²) < 4.78 is 0.